The minimum atomic E-state index is -0.965. The number of aryl methyl sites for hydroxylation is 1. The lowest BCUT2D eigenvalue weighted by Gasteiger charge is -2.27. The van der Waals surface area contributed by atoms with E-state index in [1.807, 2.05) is 24.3 Å². The molecule has 1 heterocycles. The molecule has 0 bridgehead atoms. The van der Waals surface area contributed by atoms with Crippen LogP contribution >= 0.6 is 0 Å². The van der Waals surface area contributed by atoms with Crippen molar-refractivity contribution in [2.24, 2.45) is 0 Å². The molecule has 3 aromatic rings. The summed E-state index contributed by atoms with van der Waals surface area (Å²) < 4.78 is 1.68. The van der Waals surface area contributed by atoms with Crippen molar-refractivity contribution in [3.63, 3.8) is 0 Å². The molecule has 0 spiro atoms. The first-order chi connectivity index (χ1) is 14.5. The van der Waals surface area contributed by atoms with Gasteiger partial charge in [0.2, 0.25) is 0 Å². The summed E-state index contributed by atoms with van der Waals surface area (Å²) in [5, 5.41) is 32.5. The van der Waals surface area contributed by atoms with E-state index in [-0.39, 0.29) is 23.0 Å². The molecule has 2 atom stereocenters. The van der Waals surface area contributed by atoms with E-state index in [1.165, 1.54) is 17.3 Å². The molecule has 2 aromatic carbocycles. The third kappa shape index (κ3) is 5.41. The van der Waals surface area contributed by atoms with Crippen molar-refractivity contribution in [3.8, 4) is 11.5 Å². The maximum absolute atomic E-state index is 11.0. The number of phenolic OH excluding ortho intramolecular Hbond substituents is 2. The normalized spacial score (nSPS) is 13.1. The van der Waals surface area contributed by atoms with Gasteiger partial charge in [-0.2, -0.15) is 5.10 Å². The Morgan fingerprint density at radius 3 is 2.00 bits per heavy atom. The highest BCUT2D eigenvalue weighted by Gasteiger charge is 2.23. The number of hydrogen-bond donors (Lipinski definition) is 3. The first-order valence-electron chi connectivity index (χ1n) is 10.3. The summed E-state index contributed by atoms with van der Waals surface area (Å²) in [4.78, 5) is 11.0. The Morgan fingerprint density at radius 1 is 0.933 bits per heavy atom. The number of phenols is 2. The number of hydrogen-bond acceptors (Lipinski definition) is 4. The van der Waals surface area contributed by atoms with Crippen LogP contribution in [0, 0.1) is 0 Å². The molecule has 0 amide bonds. The fourth-order valence-electron chi connectivity index (χ4n) is 4.03. The van der Waals surface area contributed by atoms with Gasteiger partial charge in [-0.25, -0.2) is 4.79 Å². The van der Waals surface area contributed by atoms with Crippen molar-refractivity contribution >= 4 is 5.97 Å². The predicted molar refractivity (Wildman–Crippen MR) is 115 cm³/mol. The average Bonchev–Trinajstić information content (AvgIpc) is 3.21. The lowest BCUT2D eigenvalue weighted by atomic mass is 9.77. The number of nitrogens with zero attached hydrogens (tertiary/aromatic N) is 2. The molecule has 30 heavy (non-hydrogen) atoms. The smallest absolute Gasteiger partial charge is 0.338 e. The van der Waals surface area contributed by atoms with Gasteiger partial charge in [0, 0.05) is 12.7 Å². The highest BCUT2D eigenvalue weighted by molar-refractivity contribution is 5.86. The number of aromatic nitrogens is 2. The topological polar surface area (TPSA) is 95.6 Å². The molecule has 0 aliphatic carbocycles. The van der Waals surface area contributed by atoms with Crippen molar-refractivity contribution < 1.29 is 20.1 Å². The number of carboxylic acids is 1. The van der Waals surface area contributed by atoms with E-state index in [0.29, 0.717) is 12.5 Å². The van der Waals surface area contributed by atoms with Crippen LogP contribution in [0.3, 0.4) is 0 Å². The number of carbonyl (C=O) groups is 1. The lowest BCUT2D eigenvalue weighted by molar-refractivity contribution is 0.0696. The van der Waals surface area contributed by atoms with Crippen LogP contribution in [-0.4, -0.2) is 31.1 Å². The third-order valence-electron chi connectivity index (χ3n) is 5.60. The number of aromatic carboxylic acids is 1. The number of benzene rings is 2. The molecule has 0 saturated carbocycles. The van der Waals surface area contributed by atoms with Crippen molar-refractivity contribution in [2.45, 2.75) is 51.0 Å². The predicted octanol–water partition coefficient (Wildman–Crippen LogP) is 5.14. The summed E-state index contributed by atoms with van der Waals surface area (Å²) in [5.74, 6) is 0.108. The van der Waals surface area contributed by atoms with Gasteiger partial charge in [-0.3, -0.25) is 4.68 Å². The number of aromatic hydroxyl groups is 2. The zero-order valence-electron chi connectivity index (χ0n) is 17.1. The van der Waals surface area contributed by atoms with Gasteiger partial charge in [0.1, 0.15) is 11.5 Å². The molecular weight excluding hydrogens is 380 g/mol. The zero-order chi connectivity index (χ0) is 21.5. The minimum absolute atomic E-state index is 0.204. The van der Waals surface area contributed by atoms with E-state index in [1.54, 1.807) is 35.1 Å². The summed E-state index contributed by atoms with van der Waals surface area (Å²) in [7, 11) is 0. The van der Waals surface area contributed by atoms with Crippen LogP contribution in [0.5, 0.6) is 11.5 Å². The largest absolute Gasteiger partial charge is 0.508 e. The van der Waals surface area contributed by atoms with E-state index in [2.05, 4.69) is 12.0 Å². The molecule has 0 saturated heterocycles. The molecular formula is C24H28N2O4. The maximum atomic E-state index is 11.0. The molecule has 0 aliphatic heterocycles. The Labute approximate surface area is 176 Å². The van der Waals surface area contributed by atoms with Crippen molar-refractivity contribution in [1.82, 2.24) is 9.78 Å². The molecule has 3 N–H and O–H groups in total. The minimum Gasteiger partial charge on any atom is -0.508 e. The zero-order valence-corrected chi connectivity index (χ0v) is 17.1. The molecule has 0 aliphatic rings. The molecule has 0 radical (unpaired) electrons. The quantitative estimate of drug-likeness (QED) is 0.404. The monoisotopic (exact) mass is 408 g/mol. The number of unbranched alkanes of at least 4 members (excludes halogenated alkanes) is 1. The molecule has 0 fully saturated rings. The first kappa shape index (κ1) is 21.4. The lowest BCUT2D eigenvalue weighted by Crippen LogP contribution is -2.12. The van der Waals surface area contributed by atoms with Crippen LogP contribution in [0.25, 0.3) is 0 Å². The second-order valence-corrected chi connectivity index (χ2v) is 7.60. The van der Waals surface area contributed by atoms with Gasteiger partial charge in [0.15, 0.2) is 0 Å². The fourth-order valence-corrected chi connectivity index (χ4v) is 4.03. The van der Waals surface area contributed by atoms with E-state index in [9.17, 15) is 15.0 Å². The van der Waals surface area contributed by atoms with E-state index >= 15 is 0 Å². The second kappa shape index (κ2) is 9.96. The third-order valence-corrected chi connectivity index (χ3v) is 5.60. The van der Waals surface area contributed by atoms with Crippen LogP contribution in [0.4, 0.5) is 0 Å². The summed E-state index contributed by atoms with van der Waals surface area (Å²) in [6, 6.07) is 14.8. The Bertz CT molecular complexity index is 948. The summed E-state index contributed by atoms with van der Waals surface area (Å²) >= 11 is 0. The van der Waals surface area contributed by atoms with E-state index in [4.69, 9.17) is 5.11 Å². The average molecular weight is 408 g/mol. The van der Waals surface area contributed by atoms with Gasteiger partial charge in [-0.05, 0) is 66.5 Å². The number of carboxylic acid groups (broad SMARTS) is 1. The van der Waals surface area contributed by atoms with Gasteiger partial charge in [-0.1, -0.05) is 37.6 Å². The van der Waals surface area contributed by atoms with Gasteiger partial charge in [0.25, 0.3) is 0 Å². The highest BCUT2D eigenvalue weighted by atomic mass is 16.4. The molecule has 0 unspecified atom stereocenters. The maximum Gasteiger partial charge on any atom is 0.338 e. The second-order valence-electron chi connectivity index (χ2n) is 7.60. The first-order valence-corrected chi connectivity index (χ1v) is 10.3. The van der Waals surface area contributed by atoms with E-state index < -0.39 is 5.97 Å². The van der Waals surface area contributed by atoms with E-state index in [0.717, 1.165) is 25.7 Å². The van der Waals surface area contributed by atoms with Crippen LogP contribution in [0.2, 0.25) is 0 Å². The highest BCUT2D eigenvalue weighted by Crippen LogP contribution is 2.40. The molecule has 158 valence electrons. The summed E-state index contributed by atoms with van der Waals surface area (Å²) in [5.41, 5.74) is 2.57. The van der Waals surface area contributed by atoms with Gasteiger partial charge in [0.05, 0.1) is 11.8 Å². The fraction of sp³-hybridized carbons (Fsp3) is 0.333. The number of rotatable bonds is 10. The standard InChI is InChI=1S/C24H28N2O4/c1-2-22(17-6-10-20(27)11-7-17)23(18-8-12-21(28)13-9-18)5-3-4-14-26-16-19(15-25-26)24(29)30/h6-13,15-16,22-23,27-28H,2-5,14H2,1H3,(H,29,30)/t22-,23+/m0/s1. The van der Waals surface area contributed by atoms with Gasteiger partial charge >= 0.3 is 5.97 Å². The summed E-state index contributed by atoms with van der Waals surface area (Å²) in [6.07, 6.45) is 6.70. The van der Waals surface area contributed by atoms with Crippen LogP contribution in [-0.2, 0) is 6.54 Å². The molecule has 6 nitrogen and oxygen atoms in total. The van der Waals surface area contributed by atoms with Crippen molar-refractivity contribution in [1.29, 1.82) is 0 Å². The molecule has 3 rings (SSSR count). The molecule has 6 heteroatoms. The van der Waals surface area contributed by atoms with Crippen molar-refractivity contribution in [3.05, 3.63) is 77.6 Å². The van der Waals surface area contributed by atoms with Crippen molar-refractivity contribution in [2.75, 3.05) is 0 Å². The Balaban J connectivity index is 1.71. The van der Waals surface area contributed by atoms with Crippen LogP contribution < -0.4 is 0 Å². The van der Waals surface area contributed by atoms with Gasteiger partial charge in [-0.15, -0.1) is 0 Å². The Kier molecular flexibility index (Phi) is 7.12. The molecule has 1 aromatic heterocycles. The Morgan fingerprint density at radius 2 is 1.50 bits per heavy atom. The SMILES string of the molecule is CC[C@@H](c1ccc(O)cc1)[C@H](CCCCn1cc(C(=O)O)cn1)c1ccc(O)cc1. The van der Waals surface area contributed by atoms with Crippen LogP contribution in [0.1, 0.15) is 65.9 Å². The summed E-state index contributed by atoms with van der Waals surface area (Å²) in [6.45, 7) is 2.84. The van der Waals surface area contributed by atoms with Crippen LogP contribution in [0.15, 0.2) is 60.9 Å². The van der Waals surface area contributed by atoms with Gasteiger partial charge < -0.3 is 15.3 Å². The Hall–Kier alpha value is -3.28.